The number of unbranched alkanes of at least 4 members (excludes halogenated alkanes) is 21. The van der Waals surface area contributed by atoms with Crippen LogP contribution in [-0.4, -0.2) is 66.5 Å². The van der Waals surface area contributed by atoms with Crippen molar-refractivity contribution in [2.24, 2.45) is 0 Å². The van der Waals surface area contributed by atoms with Crippen molar-refractivity contribution < 1.29 is 52.2 Å². The molecule has 0 radical (unpaired) electrons. The molecular formula is C54H95O11P. The van der Waals surface area contributed by atoms with Gasteiger partial charge in [-0.1, -0.05) is 184 Å². The summed E-state index contributed by atoms with van der Waals surface area (Å²) in [4.78, 5) is 48.2. The Bertz CT molecular complexity index is 1340. The van der Waals surface area contributed by atoms with Gasteiger partial charge < -0.3 is 24.2 Å². The number of esters is 3. The highest BCUT2D eigenvalue weighted by Gasteiger charge is 2.28. The lowest BCUT2D eigenvalue weighted by Crippen LogP contribution is -2.30. The topological polar surface area (TPSA) is 155 Å². The van der Waals surface area contributed by atoms with Crippen LogP contribution in [0, 0.1) is 0 Å². The van der Waals surface area contributed by atoms with Crippen LogP contribution in [0.15, 0.2) is 60.8 Å². The average Bonchev–Trinajstić information content (AvgIpc) is 3.30. The van der Waals surface area contributed by atoms with Crippen LogP contribution in [0.5, 0.6) is 0 Å². The predicted octanol–water partition coefficient (Wildman–Crippen LogP) is 14.8. The standard InChI is InChI=1S/C54H95O11P/c1-4-7-10-13-16-19-21-23-25-27-29-32-34-37-40-43-52(56)61-47-51(65-54(58)45-42-39-36-33-30-28-26-24-22-20-17-14-11-8-5-2)49-63-66(59,60)62-48-50(46-55)64-53(57)44-41-38-35-31-18-15-12-9-6-3/h7,10,16,19,23-26,29,32,50-51,55H,4-6,8-9,11-15,17-18,20-22,27-28,30-31,33-49H2,1-3H3,(H,59,60)/b10-7-,19-16-,25-23-,26-24-,32-29-. The van der Waals surface area contributed by atoms with Gasteiger partial charge in [0.15, 0.2) is 6.10 Å². The van der Waals surface area contributed by atoms with Crippen molar-refractivity contribution >= 4 is 25.7 Å². The Hall–Kier alpha value is -2.82. The van der Waals surface area contributed by atoms with Crippen molar-refractivity contribution in [3.63, 3.8) is 0 Å². The second-order valence-corrected chi connectivity index (χ2v) is 18.8. The molecule has 0 aliphatic heterocycles. The van der Waals surface area contributed by atoms with Gasteiger partial charge in [0, 0.05) is 19.3 Å². The molecule has 0 heterocycles. The van der Waals surface area contributed by atoms with Gasteiger partial charge in [0.25, 0.3) is 0 Å². The number of ether oxygens (including phenoxy) is 3. The summed E-state index contributed by atoms with van der Waals surface area (Å²) < 4.78 is 39.3. The molecule has 0 saturated carbocycles. The van der Waals surface area contributed by atoms with Gasteiger partial charge in [0.1, 0.15) is 12.7 Å². The van der Waals surface area contributed by atoms with Gasteiger partial charge in [-0.2, -0.15) is 0 Å². The summed E-state index contributed by atoms with van der Waals surface area (Å²) >= 11 is 0. The van der Waals surface area contributed by atoms with Crippen LogP contribution in [0.2, 0.25) is 0 Å². The maximum Gasteiger partial charge on any atom is 0.472 e. The second kappa shape index (κ2) is 48.6. The predicted molar refractivity (Wildman–Crippen MR) is 270 cm³/mol. The first-order valence-corrected chi connectivity index (χ1v) is 27.7. The van der Waals surface area contributed by atoms with E-state index in [1.54, 1.807) is 0 Å². The van der Waals surface area contributed by atoms with Gasteiger partial charge in [-0.15, -0.1) is 0 Å². The summed E-state index contributed by atoms with van der Waals surface area (Å²) in [5, 5.41) is 9.74. The van der Waals surface area contributed by atoms with E-state index in [9.17, 15) is 28.9 Å². The maximum absolute atomic E-state index is 12.8. The number of hydrogen-bond donors (Lipinski definition) is 2. The summed E-state index contributed by atoms with van der Waals surface area (Å²) in [6.07, 6.45) is 50.6. The van der Waals surface area contributed by atoms with Crippen LogP contribution < -0.4 is 0 Å². The van der Waals surface area contributed by atoms with Crippen LogP contribution in [-0.2, 0) is 42.2 Å². The molecule has 382 valence electrons. The third-order valence-corrected chi connectivity index (χ3v) is 11.9. The van der Waals surface area contributed by atoms with E-state index >= 15 is 0 Å². The molecule has 66 heavy (non-hydrogen) atoms. The van der Waals surface area contributed by atoms with E-state index in [4.69, 9.17) is 23.3 Å². The fraction of sp³-hybridized carbons (Fsp3) is 0.759. The van der Waals surface area contributed by atoms with Gasteiger partial charge in [-0.25, -0.2) is 4.57 Å². The highest BCUT2D eigenvalue weighted by molar-refractivity contribution is 7.47. The molecule has 2 N–H and O–H groups in total. The molecule has 11 nitrogen and oxygen atoms in total. The minimum atomic E-state index is -4.75. The molecule has 0 aromatic heterocycles. The molecule has 0 saturated heterocycles. The summed E-state index contributed by atoms with van der Waals surface area (Å²) in [6.45, 7) is 4.43. The van der Waals surface area contributed by atoms with Gasteiger partial charge in [-0.05, 0) is 83.5 Å². The van der Waals surface area contributed by atoms with Crippen LogP contribution in [0.4, 0.5) is 0 Å². The normalized spacial score (nSPS) is 14.0. The van der Waals surface area contributed by atoms with E-state index in [1.807, 2.05) is 0 Å². The Morgan fingerprint density at radius 1 is 0.439 bits per heavy atom. The fourth-order valence-corrected chi connectivity index (χ4v) is 7.71. The molecule has 0 fully saturated rings. The second-order valence-electron chi connectivity index (χ2n) is 17.3. The SMILES string of the molecule is CC/C=C\C/C=C\C/C=C\C/C=C\CCCCC(=O)OCC(COP(=O)(O)OCC(CO)OC(=O)CCCCCCCCCCC)OC(=O)CCCCCCC/C=C\CCCCCCCC. The summed E-state index contributed by atoms with van der Waals surface area (Å²) in [6, 6.07) is 0. The van der Waals surface area contributed by atoms with Gasteiger partial charge in [0.05, 0.1) is 19.8 Å². The van der Waals surface area contributed by atoms with Gasteiger partial charge in [-0.3, -0.25) is 23.4 Å². The molecule has 0 aromatic rings. The Kier molecular flexibility index (Phi) is 46.6. The van der Waals surface area contributed by atoms with Gasteiger partial charge >= 0.3 is 25.7 Å². The van der Waals surface area contributed by atoms with E-state index < -0.39 is 57.8 Å². The zero-order valence-corrected chi connectivity index (χ0v) is 42.8. The lowest BCUT2D eigenvalue weighted by Gasteiger charge is -2.21. The highest BCUT2D eigenvalue weighted by atomic mass is 31.2. The fourth-order valence-electron chi connectivity index (χ4n) is 6.93. The Morgan fingerprint density at radius 2 is 0.788 bits per heavy atom. The van der Waals surface area contributed by atoms with Crippen molar-refractivity contribution in [3.8, 4) is 0 Å². The Labute approximate surface area is 402 Å². The van der Waals surface area contributed by atoms with E-state index in [2.05, 4.69) is 81.5 Å². The van der Waals surface area contributed by atoms with Crippen LogP contribution in [0.25, 0.3) is 0 Å². The summed E-state index contributed by atoms with van der Waals surface area (Å²) in [5.41, 5.74) is 0. The van der Waals surface area contributed by atoms with Crippen LogP contribution in [0.3, 0.4) is 0 Å². The first-order chi connectivity index (χ1) is 32.2. The number of carbonyl (C=O) groups excluding carboxylic acids is 3. The number of aliphatic hydroxyl groups excluding tert-OH is 1. The first-order valence-electron chi connectivity index (χ1n) is 26.2. The lowest BCUT2D eigenvalue weighted by atomic mass is 10.1. The molecule has 0 aromatic carbocycles. The molecular weight excluding hydrogens is 856 g/mol. The molecule has 12 heteroatoms. The maximum atomic E-state index is 12.8. The molecule has 0 aliphatic carbocycles. The third-order valence-electron chi connectivity index (χ3n) is 10.9. The monoisotopic (exact) mass is 951 g/mol. The van der Waals surface area contributed by atoms with Crippen LogP contribution in [0.1, 0.15) is 226 Å². The molecule has 0 amide bonds. The van der Waals surface area contributed by atoms with Crippen molar-refractivity contribution in [2.75, 3.05) is 26.4 Å². The highest BCUT2D eigenvalue weighted by Crippen LogP contribution is 2.43. The molecule has 0 spiro atoms. The van der Waals surface area contributed by atoms with Crippen molar-refractivity contribution in [1.82, 2.24) is 0 Å². The number of allylic oxidation sites excluding steroid dienone is 10. The minimum Gasteiger partial charge on any atom is -0.462 e. The van der Waals surface area contributed by atoms with Crippen molar-refractivity contribution in [2.45, 2.75) is 238 Å². The van der Waals surface area contributed by atoms with Gasteiger partial charge in [0.2, 0.25) is 0 Å². The average molecular weight is 951 g/mol. The first kappa shape index (κ1) is 63.2. The molecule has 0 aliphatic rings. The number of carbonyl (C=O) groups is 3. The Morgan fingerprint density at radius 3 is 1.26 bits per heavy atom. The number of phosphoric ester groups is 1. The van der Waals surface area contributed by atoms with Crippen molar-refractivity contribution in [3.05, 3.63) is 60.8 Å². The number of hydrogen-bond acceptors (Lipinski definition) is 10. The number of aliphatic hydroxyl groups is 1. The zero-order chi connectivity index (χ0) is 48.4. The molecule has 0 rings (SSSR count). The van der Waals surface area contributed by atoms with E-state index in [1.165, 1.54) is 70.6 Å². The smallest absolute Gasteiger partial charge is 0.462 e. The van der Waals surface area contributed by atoms with Crippen molar-refractivity contribution in [1.29, 1.82) is 0 Å². The number of rotatable bonds is 48. The molecule has 3 unspecified atom stereocenters. The summed E-state index contributed by atoms with van der Waals surface area (Å²) in [5.74, 6) is -1.52. The van der Waals surface area contributed by atoms with E-state index in [0.29, 0.717) is 19.3 Å². The minimum absolute atomic E-state index is 0.149. The quantitative estimate of drug-likeness (QED) is 0.0197. The summed E-state index contributed by atoms with van der Waals surface area (Å²) in [7, 11) is -4.75. The molecule has 0 bridgehead atoms. The largest absolute Gasteiger partial charge is 0.472 e. The third kappa shape index (κ3) is 46.3. The molecule has 3 atom stereocenters. The zero-order valence-electron chi connectivity index (χ0n) is 41.9. The van der Waals surface area contributed by atoms with E-state index in [-0.39, 0.29) is 25.9 Å². The lowest BCUT2D eigenvalue weighted by molar-refractivity contribution is -0.161. The van der Waals surface area contributed by atoms with Crippen LogP contribution >= 0.6 is 7.82 Å². The number of phosphoric acid groups is 1. The van der Waals surface area contributed by atoms with E-state index in [0.717, 1.165) is 96.3 Å². The Balaban J connectivity index is 4.82.